The van der Waals surface area contributed by atoms with Crippen molar-refractivity contribution >= 4 is 28.3 Å². The molecule has 8 heteroatoms. The third-order valence-electron chi connectivity index (χ3n) is 6.38. The van der Waals surface area contributed by atoms with Crippen molar-refractivity contribution in [1.82, 2.24) is 19.7 Å². The van der Waals surface area contributed by atoms with Crippen LogP contribution in [0.25, 0.3) is 21.6 Å². The molecule has 4 aromatic rings. The predicted octanol–water partition coefficient (Wildman–Crippen LogP) is 4.93. The molecule has 2 aliphatic heterocycles. The summed E-state index contributed by atoms with van der Waals surface area (Å²) >= 11 is 1.62. The van der Waals surface area contributed by atoms with Crippen LogP contribution in [0.5, 0.6) is 11.5 Å². The van der Waals surface area contributed by atoms with Crippen LogP contribution in [0.4, 0.5) is 0 Å². The van der Waals surface area contributed by atoms with Gasteiger partial charge in [0.15, 0.2) is 17.1 Å². The maximum absolute atomic E-state index is 14.0. The van der Waals surface area contributed by atoms with Crippen molar-refractivity contribution in [3.63, 3.8) is 0 Å². The van der Waals surface area contributed by atoms with Gasteiger partial charge in [-0.3, -0.25) is 4.79 Å². The van der Waals surface area contributed by atoms with Gasteiger partial charge in [-0.2, -0.15) is 5.10 Å². The molecule has 1 aromatic carbocycles. The molecule has 1 atom stereocenters. The number of carbonyl (C=O) groups excluding carboxylic acids is 1. The first kappa shape index (κ1) is 20.2. The molecule has 0 bridgehead atoms. The van der Waals surface area contributed by atoms with E-state index in [0.717, 1.165) is 58.1 Å². The van der Waals surface area contributed by atoms with E-state index in [2.05, 4.69) is 11.2 Å². The third-order valence-corrected chi connectivity index (χ3v) is 7.27. The number of likely N-dealkylation sites (tertiary alicyclic amines) is 1. The molecule has 5 heterocycles. The molecule has 0 aliphatic carbocycles. The number of fused-ring (bicyclic) bond motifs is 2. The Balaban J connectivity index is 1.41. The first-order chi connectivity index (χ1) is 16.2. The van der Waals surface area contributed by atoms with Gasteiger partial charge < -0.3 is 14.4 Å². The number of amides is 1. The molecule has 3 aromatic heterocycles. The van der Waals surface area contributed by atoms with Crippen molar-refractivity contribution in [2.24, 2.45) is 0 Å². The Bertz CT molecular complexity index is 1330. The Morgan fingerprint density at radius 3 is 2.88 bits per heavy atom. The average molecular weight is 461 g/mol. The van der Waals surface area contributed by atoms with Gasteiger partial charge >= 0.3 is 0 Å². The Labute approximate surface area is 195 Å². The van der Waals surface area contributed by atoms with Gasteiger partial charge in [-0.1, -0.05) is 12.1 Å². The Morgan fingerprint density at radius 2 is 2.06 bits per heavy atom. The van der Waals surface area contributed by atoms with E-state index in [1.807, 2.05) is 52.2 Å². The molecule has 6 rings (SSSR count). The average Bonchev–Trinajstić information content (AvgIpc) is 3.63. The highest BCUT2D eigenvalue weighted by Gasteiger charge is 2.33. The Morgan fingerprint density at radius 1 is 1.18 bits per heavy atom. The van der Waals surface area contributed by atoms with E-state index in [0.29, 0.717) is 25.3 Å². The van der Waals surface area contributed by atoms with Crippen molar-refractivity contribution in [1.29, 1.82) is 0 Å². The summed E-state index contributed by atoms with van der Waals surface area (Å²) in [5.74, 6) is 1.55. The molecule has 0 spiro atoms. The lowest BCUT2D eigenvalue weighted by molar-refractivity contribution is 0.0737. The zero-order chi connectivity index (χ0) is 22.4. The second-order valence-electron chi connectivity index (χ2n) is 8.29. The lowest BCUT2D eigenvalue weighted by Crippen LogP contribution is -2.31. The summed E-state index contributed by atoms with van der Waals surface area (Å²) in [6, 6.07) is 12.0. The van der Waals surface area contributed by atoms with Gasteiger partial charge in [0.1, 0.15) is 13.2 Å². The van der Waals surface area contributed by atoms with Crippen molar-refractivity contribution in [2.45, 2.75) is 32.4 Å². The SMILES string of the molecule is CCn1ncc2c(C(=O)N3CCCC3c3ccc4c(c3)OCCO4)cc(-c3cccs3)nc21. The number of hydrogen-bond donors (Lipinski definition) is 0. The number of benzene rings is 1. The van der Waals surface area contributed by atoms with Crippen molar-refractivity contribution in [3.8, 4) is 22.1 Å². The van der Waals surface area contributed by atoms with E-state index in [1.165, 1.54) is 0 Å². The molecule has 1 saturated heterocycles. The molecular formula is C25H24N4O3S. The van der Waals surface area contributed by atoms with E-state index in [4.69, 9.17) is 14.5 Å². The number of rotatable bonds is 4. The summed E-state index contributed by atoms with van der Waals surface area (Å²) in [6.07, 6.45) is 3.66. The number of carbonyl (C=O) groups is 1. The van der Waals surface area contributed by atoms with Crippen LogP contribution in [0.3, 0.4) is 0 Å². The number of thiophene rings is 1. The van der Waals surface area contributed by atoms with Crippen molar-refractivity contribution in [3.05, 3.63) is 59.1 Å². The van der Waals surface area contributed by atoms with Crippen LogP contribution >= 0.6 is 11.3 Å². The smallest absolute Gasteiger partial charge is 0.255 e. The maximum atomic E-state index is 14.0. The summed E-state index contributed by atoms with van der Waals surface area (Å²) < 4.78 is 13.3. The second-order valence-corrected chi connectivity index (χ2v) is 9.24. The van der Waals surface area contributed by atoms with Gasteiger partial charge in [0.05, 0.1) is 33.8 Å². The molecule has 1 fully saturated rings. The highest BCUT2D eigenvalue weighted by Crippen LogP contribution is 2.39. The molecule has 1 unspecified atom stereocenters. The fraction of sp³-hybridized carbons (Fsp3) is 0.320. The third kappa shape index (κ3) is 3.45. The van der Waals surface area contributed by atoms with Gasteiger partial charge in [0.25, 0.3) is 5.91 Å². The van der Waals surface area contributed by atoms with Gasteiger partial charge in [-0.15, -0.1) is 11.3 Å². The molecule has 1 amide bonds. The highest BCUT2D eigenvalue weighted by molar-refractivity contribution is 7.13. The van der Waals surface area contributed by atoms with Gasteiger partial charge in [0.2, 0.25) is 0 Å². The first-order valence-electron chi connectivity index (χ1n) is 11.3. The molecule has 0 radical (unpaired) electrons. The molecular weight excluding hydrogens is 436 g/mol. The van der Waals surface area contributed by atoms with Crippen molar-refractivity contribution in [2.75, 3.05) is 19.8 Å². The van der Waals surface area contributed by atoms with E-state index in [1.54, 1.807) is 17.5 Å². The minimum absolute atomic E-state index is 0.00273. The number of pyridine rings is 1. The Hall–Kier alpha value is -3.39. The van der Waals surface area contributed by atoms with Crippen LogP contribution in [0.15, 0.2) is 48.0 Å². The second kappa shape index (κ2) is 8.19. The molecule has 168 valence electrons. The van der Waals surface area contributed by atoms with Crippen LogP contribution < -0.4 is 9.47 Å². The number of aromatic nitrogens is 3. The molecule has 33 heavy (non-hydrogen) atoms. The van der Waals surface area contributed by atoms with Gasteiger partial charge in [-0.25, -0.2) is 9.67 Å². The lowest BCUT2D eigenvalue weighted by atomic mass is 10.0. The Kier molecular flexibility index (Phi) is 5.02. The molecule has 0 saturated carbocycles. The summed E-state index contributed by atoms with van der Waals surface area (Å²) in [6.45, 7) is 4.56. The van der Waals surface area contributed by atoms with Crippen molar-refractivity contribution < 1.29 is 14.3 Å². The van der Waals surface area contributed by atoms with E-state index < -0.39 is 0 Å². The van der Waals surface area contributed by atoms with Crippen LogP contribution in [0.1, 0.15) is 41.7 Å². The number of nitrogens with zero attached hydrogens (tertiary/aromatic N) is 4. The number of hydrogen-bond acceptors (Lipinski definition) is 6. The number of ether oxygens (including phenoxy) is 2. The van der Waals surface area contributed by atoms with E-state index in [-0.39, 0.29) is 11.9 Å². The summed E-state index contributed by atoms with van der Waals surface area (Å²) in [7, 11) is 0. The van der Waals surface area contributed by atoms with E-state index >= 15 is 0 Å². The molecule has 2 aliphatic rings. The van der Waals surface area contributed by atoms with Crippen LogP contribution in [0.2, 0.25) is 0 Å². The monoisotopic (exact) mass is 460 g/mol. The minimum Gasteiger partial charge on any atom is -0.486 e. The largest absolute Gasteiger partial charge is 0.486 e. The van der Waals surface area contributed by atoms with Gasteiger partial charge in [0, 0.05) is 13.1 Å². The fourth-order valence-corrected chi connectivity index (χ4v) is 5.47. The predicted molar refractivity (Wildman–Crippen MR) is 127 cm³/mol. The quantitative estimate of drug-likeness (QED) is 0.432. The highest BCUT2D eigenvalue weighted by atomic mass is 32.1. The molecule has 7 nitrogen and oxygen atoms in total. The summed E-state index contributed by atoms with van der Waals surface area (Å²) in [4.78, 5) is 21.8. The standard InChI is InChI=1S/C25H24N4O3S/c1-2-29-24-18(15-26-29)17(14-19(27-24)23-6-4-12-33-23)25(30)28-9-3-5-20(28)16-7-8-21-22(13-16)32-11-10-31-21/h4,6-8,12-15,20H,2-3,5,9-11H2,1H3. The van der Waals surface area contributed by atoms with Crippen LogP contribution in [-0.4, -0.2) is 45.3 Å². The minimum atomic E-state index is 0.00273. The lowest BCUT2D eigenvalue weighted by Gasteiger charge is -2.27. The molecule has 0 N–H and O–H groups in total. The zero-order valence-electron chi connectivity index (χ0n) is 18.4. The fourth-order valence-electron chi connectivity index (χ4n) is 4.78. The maximum Gasteiger partial charge on any atom is 0.255 e. The summed E-state index contributed by atoms with van der Waals surface area (Å²) in [5.41, 5.74) is 3.30. The van der Waals surface area contributed by atoms with Gasteiger partial charge in [-0.05, 0) is 55.0 Å². The zero-order valence-corrected chi connectivity index (χ0v) is 19.2. The van der Waals surface area contributed by atoms with E-state index in [9.17, 15) is 4.79 Å². The normalized spacial score (nSPS) is 17.6. The summed E-state index contributed by atoms with van der Waals surface area (Å²) in [5, 5.41) is 7.31. The topological polar surface area (TPSA) is 69.5 Å². The van der Waals surface area contributed by atoms with Crippen LogP contribution in [0, 0.1) is 0 Å². The van der Waals surface area contributed by atoms with Crippen LogP contribution in [-0.2, 0) is 6.54 Å². The number of aryl methyl sites for hydroxylation is 1. The first-order valence-corrected chi connectivity index (χ1v) is 12.2.